The van der Waals surface area contributed by atoms with E-state index in [-0.39, 0.29) is 28.8 Å². The fraction of sp³-hybridized carbons (Fsp3) is 0.345. The lowest BCUT2D eigenvalue weighted by Crippen LogP contribution is -2.43. The molecule has 0 spiro atoms. The highest BCUT2D eigenvalue weighted by Gasteiger charge is 2.40. The maximum absolute atomic E-state index is 14.4. The molecule has 4 rings (SSSR count). The number of fused-ring (bicyclic) bond motifs is 1. The number of ether oxygens (including phenoxy) is 3. The van der Waals surface area contributed by atoms with Crippen LogP contribution in [0.3, 0.4) is 0 Å². The Hall–Kier alpha value is -3.56. The lowest BCUT2D eigenvalue weighted by molar-refractivity contribution is 0.0597. The molecular weight excluding hydrogens is 504 g/mol. The minimum absolute atomic E-state index is 0.0371. The molecule has 1 heterocycles. The topological polar surface area (TPSA) is 85.4 Å². The second-order valence-electron chi connectivity index (χ2n) is 9.15. The van der Waals surface area contributed by atoms with Crippen molar-refractivity contribution in [1.29, 1.82) is 0 Å². The van der Waals surface area contributed by atoms with Gasteiger partial charge in [0.15, 0.2) is 0 Å². The van der Waals surface area contributed by atoms with Crippen LogP contribution in [0.25, 0.3) is 0 Å². The Labute approximate surface area is 224 Å². The molecule has 0 amide bonds. The van der Waals surface area contributed by atoms with Crippen LogP contribution in [-0.2, 0) is 21.3 Å². The van der Waals surface area contributed by atoms with Crippen LogP contribution in [0.15, 0.2) is 71.6 Å². The zero-order valence-electron chi connectivity index (χ0n) is 22.2. The monoisotopic (exact) mass is 538 g/mol. The number of carbonyl (C=O) groups is 1. The fourth-order valence-electron chi connectivity index (χ4n) is 4.78. The number of para-hydroxylation sites is 1. The zero-order chi connectivity index (χ0) is 27.3. The van der Waals surface area contributed by atoms with Gasteiger partial charge in [0.2, 0.25) is 10.0 Å². The summed E-state index contributed by atoms with van der Waals surface area (Å²) in [4.78, 5) is 14.7. The van der Waals surface area contributed by atoms with Crippen molar-refractivity contribution in [3.63, 3.8) is 0 Å². The minimum Gasteiger partial charge on any atom is -0.497 e. The molecule has 3 aromatic carbocycles. The number of esters is 1. The second-order valence-corrected chi connectivity index (χ2v) is 11.0. The molecule has 0 saturated heterocycles. The van der Waals surface area contributed by atoms with Gasteiger partial charge in [0, 0.05) is 30.9 Å². The third-order valence-corrected chi connectivity index (χ3v) is 8.75. The molecule has 0 saturated carbocycles. The average molecular weight is 539 g/mol. The predicted molar refractivity (Wildman–Crippen MR) is 147 cm³/mol. The van der Waals surface area contributed by atoms with Gasteiger partial charge in [-0.25, -0.2) is 13.2 Å². The van der Waals surface area contributed by atoms with E-state index in [1.165, 1.54) is 20.3 Å². The normalized spacial score (nSPS) is 16.8. The lowest BCUT2D eigenvalue weighted by atomic mass is 10.1. The summed E-state index contributed by atoms with van der Waals surface area (Å²) in [6.45, 7) is 2.71. The van der Waals surface area contributed by atoms with Crippen molar-refractivity contribution in [2.24, 2.45) is 0 Å². The summed E-state index contributed by atoms with van der Waals surface area (Å²) < 4.78 is 46.2. The Morgan fingerprint density at radius 2 is 1.68 bits per heavy atom. The van der Waals surface area contributed by atoms with E-state index in [9.17, 15) is 13.2 Å². The Kier molecular flexibility index (Phi) is 8.58. The molecular formula is C29H34N2O6S. The Morgan fingerprint density at radius 1 is 0.974 bits per heavy atom. The van der Waals surface area contributed by atoms with Gasteiger partial charge in [0.1, 0.15) is 22.0 Å². The van der Waals surface area contributed by atoms with E-state index in [0.29, 0.717) is 24.4 Å². The summed E-state index contributed by atoms with van der Waals surface area (Å²) in [7, 11) is 0.258. The van der Waals surface area contributed by atoms with Gasteiger partial charge in [0.25, 0.3) is 0 Å². The summed E-state index contributed by atoms with van der Waals surface area (Å²) >= 11 is 0. The molecule has 1 atom stereocenters. The SMILES string of the molecule is CCCC[C@@H]1CN(c2ccccc2)c2cc(OC)c(C(=O)OC)cc2S(=O)(=O)N1Cc1ccc(OC)cc1. The maximum atomic E-state index is 14.4. The molecule has 3 aromatic rings. The summed E-state index contributed by atoms with van der Waals surface area (Å²) in [5.74, 6) is 0.283. The lowest BCUT2D eigenvalue weighted by Gasteiger charge is -2.31. The molecule has 38 heavy (non-hydrogen) atoms. The third-order valence-electron chi connectivity index (χ3n) is 6.82. The van der Waals surface area contributed by atoms with Gasteiger partial charge in [-0.3, -0.25) is 0 Å². The van der Waals surface area contributed by atoms with Crippen molar-refractivity contribution in [2.75, 3.05) is 32.8 Å². The van der Waals surface area contributed by atoms with E-state index in [0.717, 1.165) is 24.1 Å². The Bertz CT molecular complexity index is 1360. The van der Waals surface area contributed by atoms with E-state index in [2.05, 4.69) is 6.92 Å². The summed E-state index contributed by atoms with van der Waals surface area (Å²) in [5.41, 5.74) is 2.21. The summed E-state index contributed by atoms with van der Waals surface area (Å²) in [6.07, 6.45) is 2.49. The minimum atomic E-state index is -4.05. The highest BCUT2D eigenvalue weighted by Crippen LogP contribution is 2.42. The quantitative estimate of drug-likeness (QED) is 0.338. The number of rotatable bonds is 9. The van der Waals surface area contributed by atoms with Gasteiger partial charge in [-0.15, -0.1) is 0 Å². The molecule has 0 aromatic heterocycles. The molecule has 0 unspecified atom stereocenters. The number of unbranched alkanes of at least 4 members (excludes halogenated alkanes) is 1. The third kappa shape index (κ3) is 5.49. The van der Waals surface area contributed by atoms with Crippen molar-refractivity contribution in [1.82, 2.24) is 4.31 Å². The first-order chi connectivity index (χ1) is 18.3. The number of hydrogen-bond donors (Lipinski definition) is 0. The molecule has 1 aliphatic rings. The number of benzene rings is 3. The number of sulfonamides is 1. The highest BCUT2D eigenvalue weighted by atomic mass is 32.2. The van der Waals surface area contributed by atoms with Gasteiger partial charge >= 0.3 is 5.97 Å². The van der Waals surface area contributed by atoms with Gasteiger partial charge in [0.05, 0.1) is 27.0 Å². The smallest absolute Gasteiger partial charge is 0.341 e. The van der Waals surface area contributed by atoms with Crippen LogP contribution in [0.2, 0.25) is 0 Å². The molecule has 0 fully saturated rings. The summed E-state index contributed by atoms with van der Waals surface area (Å²) in [5, 5.41) is 0. The number of methoxy groups -OCH3 is 3. The van der Waals surface area contributed by atoms with Gasteiger partial charge in [-0.1, -0.05) is 50.1 Å². The first kappa shape index (κ1) is 27.5. The maximum Gasteiger partial charge on any atom is 0.341 e. The van der Waals surface area contributed by atoms with E-state index >= 15 is 0 Å². The van der Waals surface area contributed by atoms with E-state index in [1.54, 1.807) is 17.5 Å². The number of nitrogens with zero attached hydrogens (tertiary/aromatic N) is 2. The van der Waals surface area contributed by atoms with Crippen molar-refractivity contribution in [3.8, 4) is 11.5 Å². The van der Waals surface area contributed by atoms with Crippen molar-refractivity contribution >= 4 is 27.4 Å². The second kappa shape index (κ2) is 11.9. The fourth-order valence-corrected chi connectivity index (χ4v) is 6.62. The predicted octanol–water partition coefficient (Wildman–Crippen LogP) is 5.39. The van der Waals surface area contributed by atoms with Crippen LogP contribution in [0, 0.1) is 0 Å². The molecule has 8 nitrogen and oxygen atoms in total. The largest absolute Gasteiger partial charge is 0.497 e. The van der Waals surface area contributed by atoms with Gasteiger partial charge in [-0.05, 0) is 42.3 Å². The number of hydrogen-bond acceptors (Lipinski definition) is 7. The van der Waals surface area contributed by atoms with Crippen molar-refractivity contribution < 1.29 is 27.4 Å². The molecule has 9 heteroatoms. The Morgan fingerprint density at radius 3 is 2.29 bits per heavy atom. The molecule has 0 N–H and O–H groups in total. The molecule has 1 aliphatic heterocycles. The van der Waals surface area contributed by atoms with E-state index in [1.807, 2.05) is 59.5 Å². The van der Waals surface area contributed by atoms with Crippen LogP contribution in [0.5, 0.6) is 11.5 Å². The highest BCUT2D eigenvalue weighted by molar-refractivity contribution is 7.89. The van der Waals surface area contributed by atoms with Crippen LogP contribution < -0.4 is 14.4 Å². The van der Waals surface area contributed by atoms with Crippen LogP contribution in [-0.4, -0.2) is 52.6 Å². The van der Waals surface area contributed by atoms with Gasteiger partial charge < -0.3 is 19.1 Å². The van der Waals surface area contributed by atoms with Crippen molar-refractivity contribution in [2.45, 2.75) is 43.7 Å². The summed E-state index contributed by atoms with van der Waals surface area (Å²) in [6, 6.07) is 19.8. The molecule has 0 aliphatic carbocycles. The first-order valence-corrected chi connectivity index (χ1v) is 14.1. The molecule has 202 valence electrons. The molecule has 0 radical (unpaired) electrons. The van der Waals surface area contributed by atoms with Crippen LogP contribution in [0.4, 0.5) is 11.4 Å². The van der Waals surface area contributed by atoms with Gasteiger partial charge in [-0.2, -0.15) is 4.31 Å². The number of carbonyl (C=O) groups excluding carboxylic acids is 1. The van der Waals surface area contributed by atoms with Crippen LogP contribution >= 0.6 is 0 Å². The van der Waals surface area contributed by atoms with Crippen molar-refractivity contribution in [3.05, 3.63) is 77.9 Å². The van der Waals surface area contributed by atoms with Crippen LogP contribution in [0.1, 0.15) is 42.1 Å². The Balaban J connectivity index is 1.94. The number of anilines is 2. The zero-order valence-corrected chi connectivity index (χ0v) is 23.0. The van der Waals surface area contributed by atoms with E-state index < -0.39 is 16.0 Å². The van der Waals surface area contributed by atoms with E-state index in [4.69, 9.17) is 14.2 Å². The standard InChI is InChI=1S/C29H34N2O6S/c1-5-6-10-23-20-30(22-11-8-7-9-12-22)26-18-27(36-3)25(29(32)37-4)17-28(26)38(33,34)31(23)19-21-13-15-24(35-2)16-14-21/h7-9,11-18,23H,5-6,10,19-20H2,1-4H3/t23-/m1/s1. The average Bonchev–Trinajstić information content (AvgIpc) is 3.03. The first-order valence-electron chi connectivity index (χ1n) is 12.6. The molecule has 0 bridgehead atoms.